The first-order valence-electron chi connectivity index (χ1n) is 9.75. The van der Waals surface area contributed by atoms with Crippen LogP contribution in [-0.4, -0.2) is 61.7 Å². The van der Waals surface area contributed by atoms with Gasteiger partial charge in [0.1, 0.15) is 0 Å². The van der Waals surface area contributed by atoms with Crippen LogP contribution in [0.2, 0.25) is 5.02 Å². The summed E-state index contributed by atoms with van der Waals surface area (Å²) in [6, 6.07) is 8.98. The lowest BCUT2D eigenvalue weighted by Gasteiger charge is -2.43. The highest BCUT2D eigenvalue weighted by molar-refractivity contribution is 6.30. The minimum atomic E-state index is 0.653. The van der Waals surface area contributed by atoms with Crippen LogP contribution in [0.3, 0.4) is 0 Å². The van der Waals surface area contributed by atoms with E-state index in [0.717, 1.165) is 43.8 Å². The molecule has 2 fully saturated rings. The van der Waals surface area contributed by atoms with Crippen LogP contribution in [0.4, 0.5) is 5.69 Å². The number of hydrogen-bond donors (Lipinski definition) is 0. The standard InChI is InChI=1S/C21H32ClN3/c1-18(2)6-4-10-23-11-5-9-21(17-23)25-14-12-24(13-15-25)20-8-3-7-19(22)16-20/h3-4,6-8,16,18,21H,5,9-15,17H2,1-2H3/b6-4+/t21-/m1/s1. The number of rotatable bonds is 5. The molecule has 0 aromatic heterocycles. The Morgan fingerprint density at radius 2 is 1.96 bits per heavy atom. The van der Waals surface area contributed by atoms with E-state index in [1.54, 1.807) is 0 Å². The van der Waals surface area contributed by atoms with Crippen LogP contribution in [0.5, 0.6) is 0 Å². The van der Waals surface area contributed by atoms with Crippen molar-refractivity contribution in [3.8, 4) is 0 Å². The third-order valence-corrected chi connectivity index (χ3v) is 5.60. The average molecular weight is 362 g/mol. The second-order valence-corrected chi connectivity index (χ2v) is 8.17. The van der Waals surface area contributed by atoms with E-state index < -0.39 is 0 Å². The summed E-state index contributed by atoms with van der Waals surface area (Å²) in [6.45, 7) is 12.6. The Balaban J connectivity index is 1.49. The molecule has 2 saturated heterocycles. The van der Waals surface area contributed by atoms with Crippen LogP contribution in [0.15, 0.2) is 36.4 Å². The van der Waals surface area contributed by atoms with Crippen molar-refractivity contribution in [1.82, 2.24) is 9.80 Å². The van der Waals surface area contributed by atoms with Crippen LogP contribution >= 0.6 is 11.6 Å². The molecule has 0 radical (unpaired) electrons. The number of likely N-dealkylation sites (tertiary alicyclic amines) is 1. The number of anilines is 1. The van der Waals surface area contributed by atoms with E-state index >= 15 is 0 Å². The molecule has 2 heterocycles. The van der Waals surface area contributed by atoms with Gasteiger partial charge < -0.3 is 4.90 Å². The average Bonchev–Trinajstić information content (AvgIpc) is 2.62. The lowest BCUT2D eigenvalue weighted by atomic mass is 10.0. The molecule has 138 valence electrons. The number of allylic oxidation sites excluding steroid dienone is 1. The summed E-state index contributed by atoms with van der Waals surface area (Å²) in [6.07, 6.45) is 7.35. The first-order valence-corrected chi connectivity index (χ1v) is 10.1. The number of nitrogens with zero attached hydrogens (tertiary/aromatic N) is 3. The Morgan fingerprint density at radius 3 is 2.68 bits per heavy atom. The molecule has 1 aromatic rings. The van der Waals surface area contributed by atoms with E-state index in [9.17, 15) is 0 Å². The van der Waals surface area contributed by atoms with Crippen molar-refractivity contribution in [2.75, 3.05) is 50.7 Å². The summed E-state index contributed by atoms with van der Waals surface area (Å²) in [5.41, 5.74) is 1.26. The SMILES string of the molecule is CC(C)/C=C/CN1CCC[C@@H](N2CCN(c3cccc(Cl)c3)CC2)C1. The summed E-state index contributed by atoms with van der Waals surface area (Å²) in [5.74, 6) is 0.653. The van der Waals surface area contributed by atoms with Gasteiger partial charge in [-0.2, -0.15) is 0 Å². The molecule has 2 aliphatic heterocycles. The minimum absolute atomic E-state index is 0.653. The largest absolute Gasteiger partial charge is 0.369 e. The lowest BCUT2D eigenvalue weighted by molar-refractivity contribution is 0.0990. The van der Waals surface area contributed by atoms with Crippen LogP contribution in [0, 0.1) is 5.92 Å². The molecule has 0 saturated carbocycles. The molecule has 25 heavy (non-hydrogen) atoms. The molecule has 0 amide bonds. The maximum absolute atomic E-state index is 6.14. The van der Waals surface area contributed by atoms with Gasteiger partial charge >= 0.3 is 0 Å². The predicted molar refractivity (Wildman–Crippen MR) is 109 cm³/mol. The molecule has 4 heteroatoms. The van der Waals surface area contributed by atoms with Crippen molar-refractivity contribution in [3.05, 3.63) is 41.4 Å². The summed E-state index contributed by atoms with van der Waals surface area (Å²) in [4.78, 5) is 7.80. The summed E-state index contributed by atoms with van der Waals surface area (Å²) in [5, 5.41) is 0.831. The number of piperazine rings is 1. The van der Waals surface area contributed by atoms with E-state index in [0.29, 0.717) is 5.92 Å². The maximum Gasteiger partial charge on any atom is 0.0426 e. The molecule has 0 N–H and O–H groups in total. The highest BCUT2D eigenvalue weighted by Crippen LogP contribution is 2.23. The van der Waals surface area contributed by atoms with Crippen molar-refractivity contribution < 1.29 is 0 Å². The number of benzene rings is 1. The fraction of sp³-hybridized carbons (Fsp3) is 0.619. The van der Waals surface area contributed by atoms with Gasteiger partial charge in [-0.05, 0) is 43.5 Å². The van der Waals surface area contributed by atoms with Crippen LogP contribution < -0.4 is 4.90 Å². The molecule has 0 unspecified atom stereocenters. The van der Waals surface area contributed by atoms with Gasteiger partial charge in [0.25, 0.3) is 0 Å². The molecule has 3 rings (SSSR count). The molecule has 1 atom stereocenters. The smallest absolute Gasteiger partial charge is 0.0426 e. The van der Waals surface area contributed by atoms with Gasteiger partial charge in [0.05, 0.1) is 0 Å². The number of halogens is 1. The van der Waals surface area contributed by atoms with Crippen molar-refractivity contribution in [3.63, 3.8) is 0 Å². The summed E-state index contributed by atoms with van der Waals surface area (Å²) < 4.78 is 0. The van der Waals surface area contributed by atoms with E-state index in [4.69, 9.17) is 11.6 Å². The van der Waals surface area contributed by atoms with Crippen molar-refractivity contribution in [2.24, 2.45) is 5.92 Å². The van der Waals surface area contributed by atoms with Gasteiger partial charge in [0.15, 0.2) is 0 Å². The van der Waals surface area contributed by atoms with E-state index in [1.807, 2.05) is 12.1 Å². The molecule has 0 spiro atoms. The Morgan fingerprint density at radius 1 is 1.16 bits per heavy atom. The Hall–Kier alpha value is -1.03. The molecule has 1 aromatic carbocycles. The zero-order chi connectivity index (χ0) is 17.6. The third kappa shape index (κ3) is 5.47. The Labute approximate surface area is 158 Å². The summed E-state index contributed by atoms with van der Waals surface area (Å²) >= 11 is 6.14. The van der Waals surface area contributed by atoms with Gasteiger partial charge in [-0.1, -0.05) is 43.7 Å². The second kappa shape index (κ2) is 9.07. The van der Waals surface area contributed by atoms with E-state index in [-0.39, 0.29) is 0 Å². The third-order valence-electron chi connectivity index (χ3n) is 5.37. The molecule has 3 nitrogen and oxygen atoms in total. The normalized spacial score (nSPS) is 23.7. The van der Waals surface area contributed by atoms with Gasteiger partial charge in [-0.25, -0.2) is 0 Å². The number of piperidine rings is 1. The molecular formula is C21H32ClN3. The van der Waals surface area contributed by atoms with E-state index in [1.165, 1.54) is 31.6 Å². The first-order chi connectivity index (χ1) is 12.1. The van der Waals surface area contributed by atoms with Crippen LogP contribution in [0.1, 0.15) is 26.7 Å². The maximum atomic E-state index is 6.14. The highest BCUT2D eigenvalue weighted by atomic mass is 35.5. The second-order valence-electron chi connectivity index (χ2n) is 7.73. The zero-order valence-electron chi connectivity index (χ0n) is 15.7. The highest BCUT2D eigenvalue weighted by Gasteiger charge is 2.27. The van der Waals surface area contributed by atoms with Crippen molar-refractivity contribution >= 4 is 17.3 Å². The zero-order valence-corrected chi connectivity index (χ0v) is 16.5. The van der Waals surface area contributed by atoms with Gasteiger partial charge in [-0.3, -0.25) is 9.80 Å². The molecule has 0 aliphatic carbocycles. The minimum Gasteiger partial charge on any atom is -0.369 e. The molecular weight excluding hydrogens is 330 g/mol. The Bertz CT molecular complexity index is 564. The summed E-state index contributed by atoms with van der Waals surface area (Å²) in [7, 11) is 0. The van der Waals surface area contributed by atoms with Crippen molar-refractivity contribution in [2.45, 2.75) is 32.7 Å². The van der Waals surface area contributed by atoms with Crippen molar-refractivity contribution in [1.29, 1.82) is 0 Å². The van der Waals surface area contributed by atoms with Crippen LogP contribution in [0.25, 0.3) is 0 Å². The monoisotopic (exact) mass is 361 g/mol. The molecule has 2 aliphatic rings. The predicted octanol–water partition coefficient (Wildman–Crippen LogP) is 4.14. The first kappa shape index (κ1) is 18.8. The molecule has 0 bridgehead atoms. The quantitative estimate of drug-likeness (QED) is 0.730. The Kier molecular flexibility index (Phi) is 6.80. The van der Waals surface area contributed by atoms with E-state index in [2.05, 4.69) is 52.8 Å². The van der Waals surface area contributed by atoms with Crippen LogP contribution in [-0.2, 0) is 0 Å². The van der Waals surface area contributed by atoms with Gasteiger partial charge in [0, 0.05) is 56.0 Å². The van der Waals surface area contributed by atoms with Gasteiger partial charge in [-0.15, -0.1) is 0 Å². The number of hydrogen-bond acceptors (Lipinski definition) is 3. The lowest BCUT2D eigenvalue weighted by Crippen LogP contribution is -2.55. The van der Waals surface area contributed by atoms with Gasteiger partial charge in [0.2, 0.25) is 0 Å². The fourth-order valence-corrected chi connectivity index (χ4v) is 4.18. The topological polar surface area (TPSA) is 9.72 Å². The fourth-order valence-electron chi connectivity index (χ4n) is 4.00.